The quantitative estimate of drug-likeness (QED) is 0.829. The Labute approximate surface area is 132 Å². The smallest absolute Gasteiger partial charge is 0.165 e. The van der Waals surface area contributed by atoms with Crippen LogP contribution in [0.15, 0.2) is 36.4 Å². The number of ether oxygens (including phenoxy) is 2. The number of methoxy groups -OCH3 is 1. The van der Waals surface area contributed by atoms with Gasteiger partial charge < -0.3 is 14.6 Å². The topological polar surface area (TPSA) is 55.8 Å². The zero-order chi connectivity index (χ0) is 17.0. The molecule has 0 spiro atoms. The number of aliphatic hydroxyl groups is 1. The second kappa shape index (κ2) is 7.19. The van der Waals surface area contributed by atoms with Crippen molar-refractivity contribution in [3.05, 3.63) is 59.2 Å². The van der Waals surface area contributed by atoms with Crippen molar-refractivity contribution in [3.8, 4) is 11.5 Å². The fourth-order valence-electron chi connectivity index (χ4n) is 2.03. The third-order valence-corrected chi connectivity index (χ3v) is 3.29. The summed E-state index contributed by atoms with van der Waals surface area (Å²) in [7, 11) is 1.34. The van der Waals surface area contributed by atoms with Crippen molar-refractivity contribution in [2.45, 2.75) is 13.0 Å². The van der Waals surface area contributed by atoms with Crippen molar-refractivity contribution in [2.75, 3.05) is 13.7 Å². The van der Waals surface area contributed by atoms with E-state index in [9.17, 15) is 18.7 Å². The first-order valence-electron chi connectivity index (χ1n) is 6.87. The van der Waals surface area contributed by atoms with E-state index in [1.165, 1.54) is 38.3 Å². The molecule has 2 rings (SSSR count). The predicted octanol–water partition coefficient (Wildman–Crippen LogP) is 3.29. The zero-order valence-corrected chi connectivity index (χ0v) is 12.7. The molecule has 2 aromatic carbocycles. The Balaban J connectivity index is 2.04. The number of ketones is 1. The average molecular weight is 322 g/mol. The molecule has 0 aromatic heterocycles. The summed E-state index contributed by atoms with van der Waals surface area (Å²) in [6.07, 6.45) is -1.09. The summed E-state index contributed by atoms with van der Waals surface area (Å²) < 4.78 is 37.3. The van der Waals surface area contributed by atoms with E-state index in [2.05, 4.69) is 0 Å². The molecule has 6 heteroatoms. The van der Waals surface area contributed by atoms with Gasteiger partial charge in [-0.3, -0.25) is 4.79 Å². The normalized spacial score (nSPS) is 11.9. The van der Waals surface area contributed by atoms with Crippen molar-refractivity contribution in [1.82, 2.24) is 0 Å². The molecule has 0 radical (unpaired) electrons. The largest absolute Gasteiger partial charge is 0.494 e. The minimum atomic E-state index is -1.09. The minimum Gasteiger partial charge on any atom is -0.494 e. The molecule has 0 aliphatic carbocycles. The van der Waals surface area contributed by atoms with Gasteiger partial charge in [-0.2, -0.15) is 0 Å². The lowest BCUT2D eigenvalue weighted by Crippen LogP contribution is -2.10. The minimum absolute atomic E-state index is 0.0323. The predicted molar refractivity (Wildman–Crippen MR) is 79.8 cm³/mol. The van der Waals surface area contributed by atoms with Gasteiger partial charge in [-0.05, 0) is 36.8 Å². The monoisotopic (exact) mass is 322 g/mol. The van der Waals surface area contributed by atoms with E-state index in [1.54, 1.807) is 0 Å². The van der Waals surface area contributed by atoms with Gasteiger partial charge in [-0.25, -0.2) is 8.78 Å². The highest BCUT2D eigenvalue weighted by Gasteiger charge is 2.13. The summed E-state index contributed by atoms with van der Waals surface area (Å²) in [5, 5.41) is 10.0. The Morgan fingerprint density at radius 2 is 1.91 bits per heavy atom. The van der Waals surface area contributed by atoms with Crippen LogP contribution in [0.1, 0.15) is 28.9 Å². The molecule has 1 N–H and O–H groups in total. The van der Waals surface area contributed by atoms with Gasteiger partial charge >= 0.3 is 0 Å². The maximum Gasteiger partial charge on any atom is 0.165 e. The van der Waals surface area contributed by atoms with E-state index in [4.69, 9.17) is 9.47 Å². The molecule has 0 saturated heterocycles. The Morgan fingerprint density at radius 3 is 2.48 bits per heavy atom. The molecule has 0 bridgehead atoms. The van der Waals surface area contributed by atoms with Gasteiger partial charge in [0.05, 0.1) is 12.7 Å². The number of hydrogen-bond acceptors (Lipinski definition) is 4. The fourth-order valence-corrected chi connectivity index (χ4v) is 2.03. The second-order valence-corrected chi connectivity index (χ2v) is 4.92. The maximum absolute atomic E-state index is 13.7. The molecule has 23 heavy (non-hydrogen) atoms. The number of carbonyl (C=O) groups excluding carboxylic acids is 1. The Hall–Kier alpha value is -2.47. The van der Waals surface area contributed by atoms with Crippen LogP contribution in [-0.2, 0) is 0 Å². The fraction of sp³-hybridized carbons (Fsp3) is 0.235. The van der Waals surface area contributed by atoms with Gasteiger partial charge in [0.25, 0.3) is 0 Å². The standard InChI is InChI=1S/C17H16F2O4/c1-10(20)13-5-4-12(8-14(13)18)23-9-16(21)11-3-6-17(22-2)15(19)7-11/h3-8,16,21H,9H2,1-2H3. The van der Waals surface area contributed by atoms with Crippen LogP contribution in [0.25, 0.3) is 0 Å². The lowest BCUT2D eigenvalue weighted by atomic mass is 10.1. The van der Waals surface area contributed by atoms with Gasteiger partial charge in [0, 0.05) is 6.07 Å². The van der Waals surface area contributed by atoms with E-state index in [0.717, 1.165) is 12.1 Å². The van der Waals surface area contributed by atoms with Crippen LogP contribution in [-0.4, -0.2) is 24.6 Å². The van der Waals surface area contributed by atoms with Gasteiger partial charge in [0.15, 0.2) is 17.3 Å². The third-order valence-electron chi connectivity index (χ3n) is 3.29. The molecule has 122 valence electrons. The number of Topliss-reactive ketones (excluding diaryl/α,β-unsaturated/α-hetero) is 1. The summed E-state index contributed by atoms with van der Waals surface area (Å²) in [4.78, 5) is 11.1. The molecule has 0 heterocycles. The molecule has 0 aliphatic heterocycles. The van der Waals surface area contributed by atoms with Crippen LogP contribution in [0.2, 0.25) is 0 Å². The first-order chi connectivity index (χ1) is 10.9. The Morgan fingerprint density at radius 1 is 1.17 bits per heavy atom. The number of aliphatic hydroxyl groups excluding tert-OH is 1. The highest BCUT2D eigenvalue weighted by Crippen LogP contribution is 2.23. The van der Waals surface area contributed by atoms with E-state index in [0.29, 0.717) is 5.56 Å². The third kappa shape index (κ3) is 4.04. The molecule has 0 saturated carbocycles. The van der Waals surface area contributed by atoms with Crippen molar-refractivity contribution < 1.29 is 28.2 Å². The molecule has 1 unspecified atom stereocenters. The van der Waals surface area contributed by atoms with Gasteiger partial charge in [-0.1, -0.05) is 6.07 Å². The molecular formula is C17H16F2O4. The SMILES string of the molecule is COc1ccc(C(O)COc2ccc(C(C)=O)c(F)c2)cc1F. The van der Waals surface area contributed by atoms with Crippen LogP contribution >= 0.6 is 0 Å². The van der Waals surface area contributed by atoms with E-state index in [-0.39, 0.29) is 29.5 Å². The number of carbonyl (C=O) groups is 1. The van der Waals surface area contributed by atoms with E-state index in [1.807, 2.05) is 0 Å². The summed E-state index contributed by atoms with van der Waals surface area (Å²) in [6, 6.07) is 7.86. The molecule has 0 fully saturated rings. The molecule has 0 amide bonds. The molecule has 2 aromatic rings. The first-order valence-corrected chi connectivity index (χ1v) is 6.87. The van der Waals surface area contributed by atoms with Gasteiger partial charge in [0.1, 0.15) is 24.3 Å². The summed E-state index contributed by atoms with van der Waals surface area (Å²) in [5.41, 5.74) is 0.277. The first kappa shape index (κ1) is 16.9. The van der Waals surface area contributed by atoms with Gasteiger partial charge in [0.2, 0.25) is 0 Å². The molecule has 1 atom stereocenters. The number of benzene rings is 2. The highest BCUT2D eigenvalue weighted by molar-refractivity contribution is 5.94. The van der Waals surface area contributed by atoms with E-state index < -0.39 is 17.7 Å². The Kier molecular flexibility index (Phi) is 5.28. The zero-order valence-electron chi connectivity index (χ0n) is 12.7. The van der Waals surface area contributed by atoms with E-state index >= 15 is 0 Å². The molecular weight excluding hydrogens is 306 g/mol. The number of halogens is 2. The number of rotatable bonds is 6. The van der Waals surface area contributed by atoms with Crippen LogP contribution in [0.3, 0.4) is 0 Å². The van der Waals surface area contributed by atoms with Crippen molar-refractivity contribution in [1.29, 1.82) is 0 Å². The maximum atomic E-state index is 13.7. The second-order valence-electron chi connectivity index (χ2n) is 4.92. The van der Waals surface area contributed by atoms with Gasteiger partial charge in [-0.15, -0.1) is 0 Å². The average Bonchev–Trinajstić information content (AvgIpc) is 2.52. The number of hydrogen-bond donors (Lipinski definition) is 1. The Bertz CT molecular complexity index is 716. The van der Waals surface area contributed by atoms with Crippen LogP contribution in [0, 0.1) is 11.6 Å². The van der Waals surface area contributed by atoms with Crippen molar-refractivity contribution >= 4 is 5.78 Å². The summed E-state index contributed by atoms with van der Waals surface area (Å²) >= 11 is 0. The highest BCUT2D eigenvalue weighted by atomic mass is 19.1. The van der Waals surface area contributed by atoms with Crippen molar-refractivity contribution in [3.63, 3.8) is 0 Å². The molecule has 0 aliphatic rings. The lowest BCUT2D eigenvalue weighted by Gasteiger charge is -2.14. The summed E-state index contributed by atoms with van der Waals surface area (Å²) in [5.74, 6) is -1.44. The molecule has 4 nitrogen and oxygen atoms in total. The van der Waals surface area contributed by atoms with Crippen LogP contribution in [0.5, 0.6) is 11.5 Å². The van der Waals surface area contributed by atoms with Crippen molar-refractivity contribution in [2.24, 2.45) is 0 Å². The van der Waals surface area contributed by atoms with Crippen LogP contribution in [0.4, 0.5) is 8.78 Å². The lowest BCUT2D eigenvalue weighted by molar-refractivity contribution is 0.101. The van der Waals surface area contributed by atoms with Crippen LogP contribution < -0.4 is 9.47 Å². The summed E-state index contributed by atoms with van der Waals surface area (Å²) in [6.45, 7) is 1.07.